The fourth-order valence-corrected chi connectivity index (χ4v) is 2.02. The lowest BCUT2D eigenvalue weighted by Crippen LogP contribution is -2.12. The van der Waals surface area contributed by atoms with Crippen molar-refractivity contribution in [2.24, 2.45) is 0 Å². The average Bonchev–Trinajstić information content (AvgIpc) is 2.63. The lowest BCUT2D eigenvalue weighted by molar-refractivity contribution is -0.111. The Balaban J connectivity index is 1.96. The second-order valence-electron chi connectivity index (χ2n) is 5.13. The van der Waals surface area contributed by atoms with Gasteiger partial charge in [0.25, 0.3) is 5.91 Å². The van der Waals surface area contributed by atoms with Crippen LogP contribution in [0.5, 0.6) is 5.75 Å². The van der Waals surface area contributed by atoms with E-state index in [1.807, 2.05) is 13.0 Å². The molecule has 0 saturated carbocycles. The first kappa shape index (κ1) is 18.0. The number of amides is 2. The number of allylic oxidation sites excluding steroid dienone is 3. The van der Waals surface area contributed by atoms with Crippen molar-refractivity contribution in [3.8, 4) is 5.75 Å². The third-order valence-electron chi connectivity index (χ3n) is 3.31. The molecule has 0 aliphatic heterocycles. The summed E-state index contributed by atoms with van der Waals surface area (Å²) in [6.07, 6.45) is 6.70. The maximum absolute atomic E-state index is 12.2. The fraction of sp³-hybridized carbons (Fsp3) is 0.100. The van der Waals surface area contributed by atoms with E-state index in [4.69, 9.17) is 4.74 Å². The first-order valence-corrected chi connectivity index (χ1v) is 7.78. The zero-order valence-corrected chi connectivity index (χ0v) is 14.2. The van der Waals surface area contributed by atoms with E-state index in [0.29, 0.717) is 16.9 Å². The van der Waals surface area contributed by atoms with Gasteiger partial charge in [-0.25, -0.2) is 0 Å². The van der Waals surface area contributed by atoms with Crippen LogP contribution in [0.2, 0.25) is 0 Å². The molecule has 0 unspecified atom stereocenters. The van der Waals surface area contributed by atoms with Gasteiger partial charge in [-0.05, 0) is 55.5 Å². The molecule has 5 heteroatoms. The van der Waals surface area contributed by atoms with Crippen LogP contribution in [0.3, 0.4) is 0 Å². The molecule has 0 bridgehead atoms. The first-order chi connectivity index (χ1) is 12.1. The Morgan fingerprint density at radius 3 is 2.08 bits per heavy atom. The number of methoxy groups -OCH3 is 1. The number of carbonyl (C=O) groups excluding carboxylic acids is 2. The Morgan fingerprint density at radius 1 is 0.880 bits per heavy atom. The van der Waals surface area contributed by atoms with E-state index in [1.54, 1.807) is 67.8 Å². The van der Waals surface area contributed by atoms with E-state index >= 15 is 0 Å². The van der Waals surface area contributed by atoms with Gasteiger partial charge in [0.05, 0.1) is 7.11 Å². The number of ether oxygens (including phenoxy) is 1. The average molecular weight is 336 g/mol. The summed E-state index contributed by atoms with van der Waals surface area (Å²) in [5, 5.41) is 5.53. The van der Waals surface area contributed by atoms with E-state index in [-0.39, 0.29) is 11.8 Å². The summed E-state index contributed by atoms with van der Waals surface area (Å²) in [7, 11) is 1.59. The lowest BCUT2D eigenvalue weighted by atomic mass is 10.2. The molecule has 0 atom stereocenters. The number of hydrogen-bond donors (Lipinski definition) is 2. The fourth-order valence-electron chi connectivity index (χ4n) is 2.02. The molecular weight excluding hydrogens is 316 g/mol. The Labute approximate surface area is 147 Å². The largest absolute Gasteiger partial charge is 0.497 e. The number of nitrogens with one attached hydrogen (secondary N) is 2. The molecule has 0 aliphatic rings. The van der Waals surface area contributed by atoms with Gasteiger partial charge in [0.1, 0.15) is 5.75 Å². The summed E-state index contributed by atoms with van der Waals surface area (Å²) in [6.45, 7) is 1.87. The summed E-state index contributed by atoms with van der Waals surface area (Å²) in [6, 6.07) is 13.8. The molecule has 0 aliphatic carbocycles. The van der Waals surface area contributed by atoms with Crippen LogP contribution < -0.4 is 15.4 Å². The van der Waals surface area contributed by atoms with Crippen molar-refractivity contribution < 1.29 is 14.3 Å². The van der Waals surface area contributed by atoms with Crippen molar-refractivity contribution in [3.63, 3.8) is 0 Å². The van der Waals surface area contributed by atoms with Gasteiger partial charge in [-0.3, -0.25) is 9.59 Å². The van der Waals surface area contributed by atoms with E-state index < -0.39 is 0 Å². The summed E-state index contributed by atoms with van der Waals surface area (Å²) >= 11 is 0. The van der Waals surface area contributed by atoms with E-state index in [1.165, 1.54) is 6.08 Å². The van der Waals surface area contributed by atoms with Crippen molar-refractivity contribution in [2.45, 2.75) is 6.92 Å². The Kier molecular flexibility index (Phi) is 6.54. The van der Waals surface area contributed by atoms with Crippen LogP contribution in [-0.4, -0.2) is 18.9 Å². The molecule has 5 nitrogen and oxygen atoms in total. The number of anilines is 2. The zero-order chi connectivity index (χ0) is 18.1. The molecule has 0 aromatic heterocycles. The molecule has 25 heavy (non-hydrogen) atoms. The summed E-state index contributed by atoms with van der Waals surface area (Å²) in [5.41, 5.74) is 1.80. The Bertz CT molecular complexity index is 776. The normalized spacial score (nSPS) is 10.8. The predicted octanol–water partition coefficient (Wildman–Crippen LogP) is 4.02. The van der Waals surface area contributed by atoms with Crippen LogP contribution >= 0.6 is 0 Å². The van der Waals surface area contributed by atoms with Gasteiger partial charge in [-0.2, -0.15) is 0 Å². The number of benzene rings is 2. The van der Waals surface area contributed by atoms with Crippen LogP contribution in [0.15, 0.2) is 72.8 Å². The Morgan fingerprint density at radius 2 is 1.48 bits per heavy atom. The van der Waals surface area contributed by atoms with Crippen molar-refractivity contribution in [3.05, 3.63) is 78.4 Å². The van der Waals surface area contributed by atoms with E-state index in [9.17, 15) is 9.59 Å². The smallest absolute Gasteiger partial charge is 0.255 e. The minimum atomic E-state index is -0.228. The molecule has 2 aromatic carbocycles. The summed E-state index contributed by atoms with van der Waals surface area (Å²) in [4.78, 5) is 23.9. The highest BCUT2D eigenvalue weighted by molar-refractivity contribution is 6.05. The van der Waals surface area contributed by atoms with Gasteiger partial charge in [0.2, 0.25) is 5.91 Å². The standard InChI is InChI=1S/C20H20N2O3/c1-3-4-5-6-19(23)21-16-9-7-15(8-10-16)20(24)22-17-11-13-18(25-2)14-12-17/h3-14H,1-2H3,(H,21,23)(H,22,24)/b4-3+,6-5+. The highest BCUT2D eigenvalue weighted by Gasteiger charge is 2.06. The monoisotopic (exact) mass is 336 g/mol. The van der Waals surface area contributed by atoms with E-state index in [2.05, 4.69) is 10.6 Å². The number of hydrogen-bond acceptors (Lipinski definition) is 3. The molecule has 0 saturated heterocycles. The maximum Gasteiger partial charge on any atom is 0.255 e. The maximum atomic E-state index is 12.2. The van der Waals surface area contributed by atoms with Crippen LogP contribution in [0.25, 0.3) is 0 Å². The number of rotatable bonds is 6. The SMILES string of the molecule is C/C=C/C=C/C(=O)Nc1ccc(C(=O)Nc2ccc(OC)cc2)cc1. The van der Waals surface area contributed by atoms with Crippen LogP contribution in [0.1, 0.15) is 17.3 Å². The molecule has 2 aromatic rings. The summed E-state index contributed by atoms with van der Waals surface area (Å²) < 4.78 is 5.08. The lowest BCUT2D eigenvalue weighted by Gasteiger charge is -2.07. The quantitative estimate of drug-likeness (QED) is 0.618. The molecule has 2 amide bonds. The van der Waals surface area contributed by atoms with Gasteiger partial charge in [0.15, 0.2) is 0 Å². The minimum Gasteiger partial charge on any atom is -0.497 e. The molecule has 2 N–H and O–H groups in total. The highest BCUT2D eigenvalue weighted by atomic mass is 16.5. The van der Waals surface area contributed by atoms with Crippen molar-refractivity contribution in [1.82, 2.24) is 0 Å². The minimum absolute atomic E-state index is 0.226. The first-order valence-electron chi connectivity index (χ1n) is 7.78. The third kappa shape index (κ3) is 5.66. The number of carbonyl (C=O) groups is 2. The van der Waals surface area contributed by atoms with Crippen LogP contribution in [0.4, 0.5) is 11.4 Å². The highest BCUT2D eigenvalue weighted by Crippen LogP contribution is 2.16. The Hall–Kier alpha value is -3.34. The predicted molar refractivity (Wildman–Crippen MR) is 100.0 cm³/mol. The molecule has 0 fully saturated rings. The molecule has 0 radical (unpaired) electrons. The van der Waals surface area contributed by atoms with Gasteiger partial charge >= 0.3 is 0 Å². The molecule has 2 rings (SSSR count). The summed E-state index contributed by atoms with van der Waals surface area (Å²) in [5.74, 6) is 0.270. The van der Waals surface area contributed by atoms with Crippen molar-refractivity contribution in [2.75, 3.05) is 17.7 Å². The van der Waals surface area contributed by atoms with Crippen molar-refractivity contribution in [1.29, 1.82) is 0 Å². The van der Waals surface area contributed by atoms with Gasteiger partial charge in [-0.15, -0.1) is 0 Å². The third-order valence-corrected chi connectivity index (χ3v) is 3.31. The van der Waals surface area contributed by atoms with Gasteiger partial charge in [-0.1, -0.05) is 18.2 Å². The molecule has 0 heterocycles. The topological polar surface area (TPSA) is 67.4 Å². The van der Waals surface area contributed by atoms with Gasteiger partial charge in [0, 0.05) is 23.0 Å². The molecular formula is C20H20N2O3. The molecule has 128 valence electrons. The zero-order valence-electron chi connectivity index (χ0n) is 14.2. The van der Waals surface area contributed by atoms with E-state index in [0.717, 1.165) is 5.75 Å². The van der Waals surface area contributed by atoms with Gasteiger partial charge < -0.3 is 15.4 Å². The van der Waals surface area contributed by atoms with Crippen molar-refractivity contribution >= 4 is 23.2 Å². The van der Waals surface area contributed by atoms with Crippen LogP contribution in [-0.2, 0) is 4.79 Å². The second kappa shape index (κ2) is 9.08. The molecule has 0 spiro atoms. The second-order valence-corrected chi connectivity index (χ2v) is 5.13. The van der Waals surface area contributed by atoms with Crippen LogP contribution in [0, 0.1) is 0 Å².